The van der Waals surface area contributed by atoms with Crippen LogP contribution in [-0.2, 0) is 9.53 Å². The van der Waals surface area contributed by atoms with Crippen LogP contribution < -0.4 is 0 Å². The number of benzene rings is 1. The molecule has 0 spiro atoms. The van der Waals surface area contributed by atoms with E-state index in [0.717, 1.165) is 12.8 Å². The molecule has 0 bridgehead atoms. The first-order chi connectivity index (χ1) is 14.0. The Labute approximate surface area is 165 Å². The van der Waals surface area contributed by atoms with Crippen molar-refractivity contribution in [1.82, 2.24) is 4.90 Å². The second-order valence-electron chi connectivity index (χ2n) is 6.88. The molecule has 1 aromatic carbocycles. The van der Waals surface area contributed by atoms with Gasteiger partial charge in [-0.05, 0) is 31.0 Å². The Morgan fingerprint density at radius 2 is 2.07 bits per heavy atom. The minimum absolute atomic E-state index is 0.0677. The first kappa shape index (κ1) is 18.9. The highest BCUT2D eigenvalue weighted by atomic mass is 16.6. The Morgan fingerprint density at radius 3 is 2.72 bits per heavy atom. The fourth-order valence-corrected chi connectivity index (χ4v) is 3.83. The highest BCUT2D eigenvalue weighted by Gasteiger charge is 2.47. The average Bonchev–Trinajstić information content (AvgIpc) is 3.46. The van der Waals surface area contributed by atoms with Crippen molar-refractivity contribution in [2.24, 2.45) is 0 Å². The minimum Gasteiger partial charge on any atom is -0.503 e. The lowest BCUT2D eigenvalue weighted by Gasteiger charge is -2.28. The topological polar surface area (TPSA) is 123 Å². The van der Waals surface area contributed by atoms with Crippen LogP contribution in [0.15, 0.2) is 58.4 Å². The largest absolute Gasteiger partial charge is 0.503 e. The molecule has 1 amide bonds. The van der Waals surface area contributed by atoms with Crippen molar-refractivity contribution in [3.63, 3.8) is 0 Å². The predicted molar refractivity (Wildman–Crippen MR) is 99.2 cm³/mol. The molecule has 0 unspecified atom stereocenters. The molecule has 0 aliphatic carbocycles. The van der Waals surface area contributed by atoms with E-state index in [1.165, 1.54) is 41.5 Å². The van der Waals surface area contributed by atoms with Gasteiger partial charge >= 0.3 is 0 Å². The second-order valence-corrected chi connectivity index (χ2v) is 6.88. The number of nitro groups is 1. The zero-order valence-corrected chi connectivity index (χ0v) is 15.3. The third-order valence-corrected chi connectivity index (χ3v) is 5.15. The average molecular weight is 398 g/mol. The summed E-state index contributed by atoms with van der Waals surface area (Å²) in [7, 11) is 0. The molecular weight excluding hydrogens is 380 g/mol. The van der Waals surface area contributed by atoms with Crippen molar-refractivity contribution in [1.29, 1.82) is 0 Å². The summed E-state index contributed by atoms with van der Waals surface area (Å²) in [5, 5.41) is 22.1. The molecule has 0 saturated carbocycles. The first-order valence-electron chi connectivity index (χ1n) is 9.16. The summed E-state index contributed by atoms with van der Waals surface area (Å²) in [6.07, 6.45) is 2.58. The zero-order valence-electron chi connectivity index (χ0n) is 15.3. The van der Waals surface area contributed by atoms with Crippen LogP contribution in [0.1, 0.15) is 35.0 Å². The smallest absolute Gasteiger partial charge is 0.290 e. The number of hydrogen-bond donors (Lipinski definition) is 1. The summed E-state index contributed by atoms with van der Waals surface area (Å²) in [6, 6.07) is 7.66. The molecule has 1 fully saturated rings. The molecule has 1 N–H and O–H groups in total. The maximum Gasteiger partial charge on any atom is 0.290 e. The van der Waals surface area contributed by atoms with Gasteiger partial charge in [-0.3, -0.25) is 19.7 Å². The number of para-hydroxylation sites is 1. The van der Waals surface area contributed by atoms with Crippen molar-refractivity contribution in [2.75, 3.05) is 13.2 Å². The Morgan fingerprint density at radius 1 is 1.28 bits per heavy atom. The molecule has 150 valence electrons. The van der Waals surface area contributed by atoms with Crippen LogP contribution >= 0.6 is 0 Å². The molecule has 9 heteroatoms. The number of furan rings is 1. The van der Waals surface area contributed by atoms with E-state index in [0.29, 0.717) is 6.61 Å². The van der Waals surface area contributed by atoms with Gasteiger partial charge in [-0.2, -0.15) is 0 Å². The Kier molecular flexibility index (Phi) is 4.89. The van der Waals surface area contributed by atoms with E-state index in [2.05, 4.69) is 0 Å². The van der Waals surface area contributed by atoms with Crippen LogP contribution in [0.3, 0.4) is 0 Å². The number of ketones is 1. The number of rotatable bonds is 6. The van der Waals surface area contributed by atoms with E-state index in [4.69, 9.17) is 9.15 Å². The van der Waals surface area contributed by atoms with Crippen molar-refractivity contribution in [3.05, 3.63) is 75.4 Å². The van der Waals surface area contributed by atoms with Gasteiger partial charge in [0.2, 0.25) is 5.78 Å². The van der Waals surface area contributed by atoms with Gasteiger partial charge in [0.1, 0.15) is 0 Å². The summed E-state index contributed by atoms with van der Waals surface area (Å²) >= 11 is 0. The molecular formula is C20H18N2O7. The van der Waals surface area contributed by atoms with Gasteiger partial charge in [-0.25, -0.2) is 0 Å². The molecule has 0 radical (unpaired) electrons. The number of carbonyl (C=O) groups is 2. The molecule has 3 heterocycles. The maximum absolute atomic E-state index is 13.0. The van der Waals surface area contributed by atoms with E-state index in [-0.39, 0.29) is 35.2 Å². The number of aliphatic hydroxyl groups excluding tert-OH is 1. The molecule has 4 rings (SSSR count). The predicted octanol–water partition coefficient (Wildman–Crippen LogP) is 2.95. The number of nitro benzene ring substituents is 1. The van der Waals surface area contributed by atoms with E-state index in [9.17, 15) is 24.8 Å². The summed E-state index contributed by atoms with van der Waals surface area (Å²) in [5.74, 6) is -2.26. The molecule has 2 aliphatic heterocycles. The molecule has 2 aromatic rings. The quantitative estimate of drug-likeness (QED) is 0.451. The lowest BCUT2D eigenvalue weighted by Crippen LogP contribution is -2.37. The number of carbonyl (C=O) groups excluding carboxylic acids is 2. The zero-order chi connectivity index (χ0) is 20.5. The van der Waals surface area contributed by atoms with Crippen LogP contribution in [0, 0.1) is 10.1 Å². The Balaban J connectivity index is 1.83. The highest BCUT2D eigenvalue weighted by Crippen LogP contribution is 2.42. The van der Waals surface area contributed by atoms with Crippen molar-refractivity contribution >= 4 is 17.4 Å². The van der Waals surface area contributed by atoms with E-state index >= 15 is 0 Å². The molecule has 29 heavy (non-hydrogen) atoms. The van der Waals surface area contributed by atoms with Crippen molar-refractivity contribution in [2.45, 2.75) is 25.0 Å². The van der Waals surface area contributed by atoms with Gasteiger partial charge in [-0.15, -0.1) is 0 Å². The number of amides is 1. The van der Waals surface area contributed by atoms with Crippen molar-refractivity contribution < 1.29 is 28.8 Å². The fraction of sp³-hybridized carbons (Fsp3) is 0.300. The third kappa shape index (κ3) is 3.29. The number of ether oxygens (including phenoxy) is 1. The molecule has 2 aliphatic rings. The highest BCUT2D eigenvalue weighted by molar-refractivity contribution is 6.15. The van der Waals surface area contributed by atoms with Gasteiger partial charge in [0, 0.05) is 19.2 Å². The summed E-state index contributed by atoms with van der Waals surface area (Å²) in [6.45, 7) is 0.662. The number of aliphatic hydroxyl groups is 1. The van der Waals surface area contributed by atoms with E-state index < -0.39 is 28.4 Å². The number of Topliss-reactive ketones (excluding diaryl/α,β-unsaturated/α-hetero) is 1. The fourth-order valence-electron chi connectivity index (χ4n) is 3.83. The first-order valence-corrected chi connectivity index (χ1v) is 9.16. The second kappa shape index (κ2) is 7.51. The molecule has 2 atom stereocenters. The lowest BCUT2D eigenvalue weighted by molar-refractivity contribution is -0.385. The van der Waals surface area contributed by atoms with Gasteiger partial charge < -0.3 is 19.2 Å². The lowest BCUT2D eigenvalue weighted by atomic mass is 9.93. The minimum atomic E-state index is -1.12. The normalized spacial score (nSPS) is 21.8. The van der Waals surface area contributed by atoms with Gasteiger partial charge in [0.05, 0.1) is 34.5 Å². The Hall–Kier alpha value is -3.46. The summed E-state index contributed by atoms with van der Waals surface area (Å²) < 4.78 is 10.7. The van der Waals surface area contributed by atoms with Crippen LogP contribution in [0.5, 0.6) is 0 Å². The SMILES string of the molecule is O=C(C1=C(O)C(=O)N(C[C@@H]2CCCO2)[C@H]1c1ccccc1[N+](=O)[O-])c1ccco1. The monoisotopic (exact) mass is 398 g/mol. The number of nitrogens with zero attached hydrogens (tertiary/aromatic N) is 2. The van der Waals surface area contributed by atoms with Gasteiger partial charge in [0.15, 0.2) is 11.5 Å². The standard InChI is InChI=1S/C20H18N2O7/c23-18(15-8-4-10-29-15)16-17(13-6-1-2-7-14(13)22(26)27)21(20(25)19(16)24)11-12-5-3-9-28-12/h1-2,4,6-8,10,12,17,24H,3,5,9,11H2/t12-,17-/m0/s1. The van der Waals surface area contributed by atoms with Crippen LogP contribution in [0.2, 0.25) is 0 Å². The molecule has 1 aromatic heterocycles. The van der Waals surface area contributed by atoms with Crippen LogP contribution in [-0.4, -0.2) is 45.9 Å². The van der Waals surface area contributed by atoms with Gasteiger partial charge in [0.25, 0.3) is 11.6 Å². The molecule has 1 saturated heterocycles. The van der Waals surface area contributed by atoms with Gasteiger partial charge in [-0.1, -0.05) is 12.1 Å². The summed E-state index contributed by atoms with van der Waals surface area (Å²) in [4.78, 5) is 38.2. The maximum atomic E-state index is 13.0. The van der Waals surface area contributed by atoms with E-state index in [1.54, 1.807) is 6.07 Å². The number of hydrogen-bond acceptors (Lipinski definition) is 7. The van der Waals surface area contributed by atoms with Crippen LogP contribution in [0.4, 0.5) is 5.69 Å². The van der Waals surface area contributed by atoms with E-state index in [1.807, 2.05) is 0 Å². The third-order valence-electron chi connectivity index (χ3n) is 5.15. The summed E-state index contributed by atoms with van der Waals surface area (Å²) in [5.41, 5.74) is -0.345. The molecule has 9 nitrogen and oxygen atoms in total. The van der Waals surface area contributed by atoms with Crippen molar-refractivity contribution in [3.8, 4) is 0 Å². The Bertz CT molecular complexity index is 990. The van der Waals surface area contributed by atoms with Crippen LogP contribution in [0.25, 0.3) is 0 Å².